The quantitative estimate of drug-likeness (QED) is 0.814. The Morgan fingerprint density at radius 1 is 1.35 bits per heavy atom. The van der Waals surface area contributed by atoms with Gasteiger partial charge in [0.15, 0.2) is 6.61 Å². The maximum Gasteiger partial charge on any atom is 0.258 e. The van der Waals surface area contributed by atoms with Crippen LogP contribution in [0.15, 0.2) is 48.7 Å². The number of carbonyl (C=O) groups excluding carboxylic acids is 1. The topological polar surface area (TPSA) is 77.2 Å². The maximum absolute atomic E-state index is 11.8. The molecule has 0 saturated heterocycles. The van der Waals surface area contributed by atoms with Crippen molar-refractivity contribution in [2.24, 2.45) is 0 Å². The lowest BCUT2D eigenvalue weighted by molar-refractivity contribution is -0.123. The van der Waals surface area contributed by atoms with Gasteiger partial charge in [-0.3, -0.25) is 9.78 Å². The Balaban J connectivity index is 1.84. The highest BCUT2D eigenvalue weighted by Gasteiger charge is 2.10. The normalized spacial score (nSPS) is 11.7. The molecule has 5 heteroatoms. The van der Waals surface area contributed by atoms with E-state index in [1.807, 2.05) is 25.1 Å². The first kappa shape index (κ1) is 13.9. The molecule has 1 heterocycles. The fourth-order valence-electron chi connectivity index (χ4n) is 1.74. The summed E-state index contributed by atoms with van der Waals surface area (Å²) in [5.74, 6) is 0.371. The van der Waals surface area contributed by atoms with Crippen LogP contribution < -0.4 is 15.8 Å². The highest BCUT2D eigenvalue weighted by atomic mass is 16.5. The van der Waals surface area contributed by atoms with Gasteiger partial charge in [-0.1, -0.05) is 12.1 Å². The van der Waals surface area contributed by atoms with E-state index in [4.69, 9.17) is 10.5 Å². The molecular weight excluding hydrogens is 254 g/mol. The van der Waals surface area contributed by atoms with Crippen molar-refractivity contribution < 1.29 is 9.53 Å². The van der Waals surface area contributed by atoms with Crippen molar-refractivity contribution in [1.29, 1.82) is 0 Å². The molecule has 1 atom stereocenters. The third-order valence-electron chi connectivity index (χ3n) is 2.74. The summed E-state index contributed by atoms with van der Waals surface area (Å²) in [4.78, 5) is 16.0. The van der Waals surface area contributed by atoms with Crippen molar-refractivity contribution in [2.75, 3.05) is 12.3 Å². The number of rotatable bonds is 5. The van der Waals surface area contributed by atoms with Gasteiger partial charge in [0, 0.05) is 18.0 Å². The third kappa shape index (κ3) is 3.98. The van der Waals surface area contributed by atoms with Gasteiger partial charge in [-0.25, -0.2) is 0 Å². The molecule has 2 aromatic rings. The highest BCUT2D eigenvalue weighted by molar-refractivity contribution is 5.78. The zero-order chi connectivity index (χ0) is 14.4. The maximum atomic E-state index is 11.8. The largest absolute Gasteiger partial charge is 0.484 e. The monoisotopic (exact) mass is 271 g/mol. The molecule has 1 amide bonds. The van der Waals surface area contributed by atoms with E-state index in [-0.39, 0.29) is 18.6 Å². The van der Waals surface area contributed by atoms with E-state index in [9.17, 15) is 4.79 Å². The Labute approximate surface area is 117 Å². The molecule has 0 spiro atoms. The number of anilines is 1. The predicted molar refractivity (Wildman–Crippen MR) is 77.1 cm³/mol. The van der Waals surface area contributed by atoms with Crippen molar-refractivity contribution >= 4 is 11.6 Å². The molecule has 0 saturated carbocycles. The Morgan fingerprint density at radius 3 is 2.90 bits per heavy atom. The first-order valence-corrected chi connectivity index (χ1v) is 6.34. The number of nitrogens with one attached hydrogen (secondary N) is 1. The molecule has 3 N–H and O–H groups in total. The van der Waals surface area contributed by atoms with E-state index >= 15 is 0 Å². The van der Waals surface area contributed by atoms with Gasteiger partial charge in [-0.15, -0.1) is 0 Å². The Kier molecular flexibility index (Phi) is 4.55. The fraction of sp³-hybridized carbons (Fsp3) is 0.200. The van der Waals surface area contributed by atoms with E-state index in [1.54, 1.807) is 30.5 Å². The van der Waals surface area contributed by atoms with Crippen LogP contribution in [0.3, 0.4) is 0 Å². The van der Waals surface area contributed by atoms with Gasteiger partial charge in [-0.2, -0.15) is 0 Å². The second kappa shape index (κ2) is 6.56. The van der Waals surface area contributed by atoms with Crippen LogP contribution in [-0.4, -0.2) is 17.5 Å². The SMILES string of the molecule is CC(NC(=O)COc1cccc(N)c1)c1ccccn1. The van der Waals surface area contributed by atoms with Gasteiger partial charge in [0.05, 0.1) is 11.7 Å². The standard InChI is InChI=1S/C15H17N3O2/c1-11(14-7-2-3-8-17-14)18-15(19)10-20-13-6-4-5-12(16)9-13/h2-9,11H,10,16H2,1H3,(H,18,19). The minimum absolute atomic E-state index is 0.0549. The van der Waals surface area contributed by atoms with E-state index in [0.29, 0.717) is 11.4 Å². The molecule has 0 radical (unpaired) electrons. The molecule has 0 fully saturated rings. The average molecular weight is 271 g/mol. The zero-order valence-electron chi connectivity index (χ0n) is 11.2. The molecule has 0 aliphatic carbocycles. The lowest BCUT2D eigenvalue weighted by atomic mass is 10.2. The van der Waals surface area contributed by atoms with Crippen LogP contribution in [0, 0.1) is 0 Å². The van der Waals surface area contributed by atoms with Crippen molar-refractivity contribution in [1.82, 2.24) is 10.3 Å². The van der Waals surface area contributed by atoms with Gasteiger partial charge >= 0.3 is 0 Å². The van der Waals surface area contributed by atoms with Crippen molar-refractivity contribution in [2.45, 2.75) is 13.0 Å². The van der Waals surface area contributed by atoms with Crippen molar-refractivity contribution in [3.63, 3.8) is 0 Å². The van der Waals surface area contributed by atoms with Crippen molar-refractivity contribution in [3.05, 3.63) is 54.4 Å². The number of aromatic nitrogens is 1. The van der Waals surface area contributed by atoms with E-state index in [2.05, 4.69) is 10.3 Å². The summed E-state index contributed by atoms with van der Waals surface area (Å²) in [5.41, 5.74) is 7.04. The number of benzene rings is 1. The number of amides is 1. The molecule has 0 aliphatic heterocycles. The molecule has 1 unspecified atom stereocenters. The summed E-state index contributed by atoms with van der Waals surface area (Å²) >= 11 is 0. The Bertz CT molecular complexity index is 572. The smallest absolute Gasteiger partial charge is 0.258 e. The zero-order valence-corrected chi connectivity index (χ0v) is 11.2. The molecule has 20 heavy (non-hydrogen) atoms. The second-order valence-corrected chi connectivity index (χ2v) is 4.40. The van der Waals surface area contributed by atoms with Crippen molar-refractivity contribution in [3.8, 4) is 5.75 Å². The number of pyridine rings is 1. The van der Waals surface area contributed by atoms with Gasteiger partial charge in [0.2, 0.25) is 0 Å². The predicted octanol–water partition coefficient (Wildman–Crippen LogP) is 1.92. The molecule has 1 aromatic carbocycles. The summed E-state index contributed by atoms with van der Waals surface area (Å²) in [6.45, 7) is 1.82. The first-order chi connectivity index (χ1) is 9.65. The van der Waals surface area contributed by atoms with Crippen LogP contribution in [0.1, 0.15) is 18.7 Å². The van der Waals surface area contributed by atoms with Crippen LogP contribution in [-0.2, 0) is 4.79 Å². The van der Waals surface area contributed by atoms with Gasteiger partial charge in [-0.05, 0) is 31.2 Å². The molecule has 0 aliphatic rings. The number of nitrogens with zero attached hydrogens (tertiary/aromatic N) is 1. The van der Waals surface area contributed by atoms with Crippen LogP contribution in [0.25, 0.3) is 0 Å². The van der Waals surface area contributed by atoms with Crippen LogP contribution in [0.5, 0.6) is 5.75 Å². The summed E-state index contributed by atoms with van der Waals surface area (Å²) in [6, 6.07) is 12.4. The summed E-state index contributed by atoms with van der Waals surface area (Å²) in [5, 5.41) is 2.82. The number of carbonyl (C=O) groups is 1. The first-order valence-electron chi connectivity index (χ1n) is 6.34. The lowest BCUT2D eigenvalue weighted by Gasteiger charge is -2.13. The third-order valence-corrected chi connectivity index (χ3v) is 2.74. The minimum atomic E-state index is -0.203. The number of hydrogen-bond acceptors (Lipinski definition) is 4. The summed E-state index contributed by atoms with van der Waals surface area (Å²) in [6.07, 6.45) is 1.70. The molecular formula is C15H17N3O2. The molecule has 2 rings (SSSR count). The highest BCUT2D eigenvalue weighted by Crippen LogP contribution is 2.14. The lowest BCUT2D eigenvalue weighted by Crippen LogP contribution is -2.31. The summed E-state index contributed by atoms with van der Waals surface area (Å²) in [7, 11) is 0. The number of nitrogen functional groups attached to an aromatic ring is 1. The fourth-order valence-corrected chi connectivity index (χ4v) is 1.74. The Morgan fingerprint density at radius 2 is 2.20 bits per heavy atom. The number of hydrogen-bond donors (Lipinski definition) is 2. The molecule has 1 aromatic heterocycles. The van der Waals surface area contributed by atoms with Gasteiger partial charge < -0.3 is 15.8 Å². The van der Waals surface area contributed by atoms with Crippen LogP contribution >= 0.6 is 0 Å². The van der Waals surface area contributed by atoms with E-state index in [0.717, 1.165) is 5.69 Å². The molecule has 0 bridgehead atoms. The van der Waals surface area contributed by atoms with Gasteiger partial charge in [0.1, 0.15) is 5.75 Å². The number of ether oxygens (including phenoxy) is 1. The van der Waals surface area contributed by atoms with E-state index < -0.39 is 0 Å². The Hall–Kier alpha value is -2.56. The average Bonchev–Trinajstić information content (AvgIpc) is 2.46. The van der Waals surface area contributed by atoms with Crippen LogP contribution in [0.4, 0.5) is 5.69 Å². The summed E-state index contributed by atoms with van der Waals surface area (Å²) < 4.78 is 5.37. The number of nitrogens with two attached hydrogens (primary N) is 1. The van der Waals surface area contributed by atoms with Crippen LogP contribution in [0.2, 0.25) is 0 Å². The van der Waals surface area contributed by atoms with E-state index in [1.165, 1.54) is 0 Å². The second-order valence-electron chi connectivity index (χ2n) is 4.40. The molecule has 5 nitrogen and oxygen atoms in total. The minimum Gasteiger partial charge on any atom is -0.484 e. The van der Waals surface area contributed by atoms with Gasteiger partial charge in [0.25, 0.3) is 5.91 Å². The molecule has 104 valence electrons.